The summed E-state index contributed by atoms with van der Waals surface area (Å²) in [6.45, 7) is 3.46. The van der Waals surface area contributed by atoms with Crippen molar-refractivity contribution in [2.24, 2.45) is 0 Å². The van der Waals surface area contributed by atoms with E-state index in [4.69, 9.17) is 14.6 Å². The maximum Gasteiger partial charge on any atom is 0.182 e. The van der Waals surface area contributed by atoms with Gasteiger partial charge >= 0.3 is 0 Å². The molecule has 0 aromatic rings. The van der Waals surface area contributed by atoms with Crippen LogP contribution in [0.4, 0.5) is 0 Å². The Labute approximate surface area is 101 Å². The number of fused-ring (bicyclic) bond motifs is 1. The second-order valence-corrected chi connectivity index (χ2v) is 5.24. The number of hydrogen-bond acceptors (Lipinski definition) is 5. The van der Waals surface area contributed by atoms with E-state index in [-0.39, 0.29) is 6.61 Å². The average Bonchev–Trinajstić information content (AvgIpc) is 2.46. The molecule has 1 aliphatic carbocycles. The average molecular weight is 244 g/mol. The molecule has 0 amide bonds. The smallest absolute Gasteiger partial charge is 0.182 e. The molecule has 0 bridgehead atoms. The highest BCUT2D eigenvalue weighted by Gasteiger charge is 2.56. The van der Waals surface area contributed by atoms with Crippen LogP contribution in [-0.2, 0) is 9.47 Å². The first kappa shape index (κ1) is 13.0. The summed E-state index contributed by atoms with van der Waals surface area (Å²) in [5, 5.41) is 28.8. The third-order valence-electron chi connectivity index (χ3n) is 3.80. The molecule has 1 fully saturated rings. The van der Waals surface area contributed by atoms with E-state index in [1.807, 2.05) is 13.8 Å². The van der Waals surface area contributed by atoms with E-state index in [1.54, 1.807) is 12.2 Å². The maximum atomic E-state index is 9.82. The largest absolute Gasteiger partial charge is 0.391 e. The molecule has 1 heterocycles. The van der Waals surface area contributed by atoms with Gasteiger partial charge in [0.05, 0.1) is 18.8 Å². The molecule has 1 aliphatic heterocycles. The zero-order valence-corrected chi connectivity index (χ0v) is 10.2. The van der Waals surface area contributed by atoms with Crippen LogP contribution in [-0.4, -0.2) is 51.6 Å². The first-order valence-corrected chi connectivity index (χ1v) is 5.89. The second kappa shape index (κ2) is 4.33. The fourth-order valence-corrected chi connectivity index (χ4v) is 2.65. The SMILES string of the molecule is CC12CC(O)/C=C/C(O)CC1(C)OC(CO)O2. The molecule has 17 heavy (non-hydrogen) atoms. The molecule has 3 N–H and O–H groups in total. The Bertz CT molecular complexity index is 290. The minimum absolute atomic E-state index is 0.231. The van der Waals surface area contributed by atoms with Crippen LogP contribution in [0.1, 0.15) is 26.7 Å². The van der Waals surface area contributed by atoms with Crippen LogP contribution in [0.25, 0.3) is 0 Å². The monoisotopic (exact) mass is 244 g/mol. The van der Waals surface area contributed by atoms with E-state index in [2.05, 4.69) is 0 Å². The maximum absolute atomic E-state index is 9.82. The van der Waals surface area contributed by atoms with Crippen molar-refractivity contribution in [2.75, 3.05) is 6.61 Å². The minimum Gasteiger partial charge on any atom is -0.391 e. The van der Waals surface area contributed by atoms with Crippen molar-refractivity contribution >= 4 is 0 Å². The van der Waals surface area contributed by atoms with Crippen LogP contribution >= 0.6 is 0 Å². The molecule has 5 heteroatoms. The van der Waals surface area contributed by atoms with E-state index in [9.17, 15) is 10.2 Å². The van der Waals surface area contributed by atoms with Gasteiger partial charge in [-0.25, -0.2) is 0 Å². The summed E-state index contributed by atoms with van der Waals surface area (Å²) in [6, 6.07) is 0. The summed E-state index contributed by atoms with van der Waals surface area (Å²) in [6.07, 6.45) is 1.84. The Morgan fingerprint density at radius 3 is 1.82 bits per heavy atom. The third kappa shape index (κ3) is 2.26. The number of hydrogen-bond donors (Lipinski definition) is 3. The van der Waals surface area contributed by atoms with Gasteiger partial charge in [-0.15, -0.1) is 0 Å². The lowest BCUT2D eigenvalue weighted by atomic mass is 9.76. The number of aliphatic hydroxyl groups is 3. The minimum atomic E-state index is -0.717. The van der Waals surface area contributed by atoms with Crippen molar-refractivity contribution in [1.82, 2.24) is 0 Å². The summed E-state index contributed by atoms with van der Waals surface area (Å²) in [5.41, 5.74) is -1.43. The van der Waals surface area contributed by atoms with Crippen LogP contribution in [0, 0.1) is 0 Å². The lowest BCUT2D eigenvalue weighted by Crippen LogP contribution is -2.51. The number of ether oxygens (including phenoxy) is 2. The van der Waals surface area contributed by atoms with Crippen molar-refractivity contribution < 1.29 is 24.8 Å². The fourth-order valence-electron chi connectivity index (χ4n) is 2.65. The van der Waals surface area contributed by atoms with Gasteiger partial charge in [-0.2, -0.15) is 0 Å². The molecule has 5 nitrogen and oxygen atoms in total. The van der Waals surface area contributed by atoms with Gasteiger partial charge in [0.25, 0.3) is 0 Å². The fraction of sp³-hybridized carbons (Fsp3) is 0.833. The Hall–Kier alpha value is -0.460. The van der Waals surface area contributed by atoms with E-state index < -0.39 is 29.7 Å². The zero-order valence-electron chi connectivity index (χ0n) is 10.2. The number of rotatable bonds is 1. The van der Waals surface area contributed by atoms with Crippen molar-refractivity contribution in [3.63, 3.8) is 0 Å². The highest BCUT2D eigenvalue weighted by atomic mass is 16.8. The zero-order chi connectivity index (χ0) is 12.7. The van der Waals surface area contributed by atoms with E-state index in [1.165, 1.54) is 0 Å². The van der Waals surface area contributed by atoms with E-state index in [0.717, 1.165) is 0 Å². The van der Waals surface area contributed by atoms with Gasteiger partial charge in [-0.05, 0) is 13.8 Å². The predicted octanol–water partition coefficient (Wildman–Crippen LogP) is -0.0592. The van der Waals surface area contributed by atoms with Crippen LogP contribution in [0.15, 0.2) is 12.2 Å². The van der Waals surface area contributed by atoms with Crippen LogP contribution in [0.2, 0.25) is 0 Å². The third-order valence-corrected chi connectivity index (χ3v) is 3.80. The molecule has 2 rings (SSSR count). The van der Waals surface area contributed by atoms with Gasteiger partial charge in [-0.3, -0.25) is 0 Å². The summed E-state index contributed by atoms with van der Waals surface area (Å²) in [4.78, 5) is 0. The van der Waals surface area contributed by atoms with Crippen LogP contribution in [0.3, 0.4) is 0 Å². The molecule has 1 saturated heterocycles. The van der Waals surface area contributed by atoms with Crippen LogP contribution in [0.5, 0.6) is 0 Å². The molecule has 0 aromatic heterocycles. The van der Waals surface area contributed by atoms with Crippen molar-refractivity contribution in [1.29, 1.82) is 0 Å². The predicted molar refractivity (Wildman–Crippen MR) is 60.2 cm³/mol. The van der Waals surface area contributed by atoms with Crippen LogP contribution < -0.4 is 0 Å². The molecule has 0 aromatic carbocycles. The molecule has 0 saturated carbocycles. The lowest BCUT2D eigenvalue weighted by Gasteiger charge is -2.40. The topological polar surface area (TPSA) is 79.2 Å². The lowest BCUT2D eigenvalue weighted by molar-refractivity contribution is -0.120. The van der Waals surface area contributed by atoms with Gasteiger partial charge in [0.2, 0.25) is 0 Å². The summed E-state index contributed by atoms with van der Waals surface area (Å²) in [7, 11) is 0. The van der Waals surface area contributed by atoms with Gasteiger partial charge in [0.1, 0.15) is 11.2 Å². The standard InChI is InChI=1S/C12H20O5/c1-11-5-8(14)3-4-9(15)6-12(11,2)17-10(7-13)16-11/h3-4,8-10,13-15H,5-7H2,1-2H3/b4-3+. The first-order valence-electron chi connectivity index (χ1n) is 5.89. The molecular formula is C12H20O5. The number of aliphatic hydroxyl groups excluding tert-OH is 3. The molecule has 4 unspecified atom stereocenters. The van der Waals surface area contributed by atoms with E-state index in [0.29, 0.717) is 12.8 Å². The highest BCUT2D eigenvalue weighted by Crippen LogP contribution is 2.45. The quantitative estimate of drug-likeness (QED) is 0.563. The van der Waals surface area contributed by atoms with E-state index >= 15 is 0 Å². The van der Waals surface area contributed by atoms with Gasteiger partial charge in [-0.1, -0.05) is 12.2 Å². The normalized spacial score (nSPS) is 52.6. The Morgan fingerprint density at radius 2 is 1.47 bits per heavy atom. The molecule has 98 valence electrons. The van der Waals surface area contributed by atoms with Crippen molar-refractivity contribution in [3.8, 4) is 0 Å². The summed E-state index contributed by atoms with van der Waals surface area (Å²) < 4.78 is 11.4. The second-order valence-electron chi connectivity index (χ2n) is 5.24. The first-order chi connectivity index (χ1) is 7.88. The Kier molecular flexibility index (Phi) is 3.31. The van der Waals surface area contributed by atoms with Crippen molar-refractivity contribution in [3.05, 3.63) is 12.2 Å². The molecule has 4 atom stereocenters. The van der Waals surface area contributed by atoms with Gasteiger partial charge < -0.3 is 24.8 Å². The molecule has 0 spiro atoms. The molecular weight excluding hydrogens is 224 g/mol. The highest BCUT2D eigenvalue weighted by molar-refractivity contribution is 5.10. The van der Waals surface area contributed by atoms with Gasteiger partial charge in [0, 0.05) is 12.8 Å². The molecule has 0 radical (unpaired) electrons. The molecule has 2 aliphatic rings. The summed E-state index contributed by atoms with van der Waals surface area (Å²) in [5.74, 6) is 0. The van der Waals surface area contributed by atoms with Gasteiger partial charge in [0.15, 0.2) is 6.29 Å². The van der Waals surface area contributed by atoms with Crippen molar-refractivity contribution in [2.45, 2.75) is 56.4 Å². The Balaban J connectivity index is 2.30. The Morgan fingerprint density at radius 1 is 1.06 bits per heavy atom. The summed E-state index contributed by atoms with van der Waals surface area (Å²) >= 11 is 0.